The van der Waals surface area contributed by atoms with Crippen molar-refractivity contribution in [3.05, 3.63) is 108 Å². The first kappa shape index (κ1) is 17.2. The van der Waals surface area contributed by atoms with Crippen molar-refractivity contribution in [3.8, 4) is 0 Å². The van der Waals surface area contributed by atoms with E-state index in [2.05, 4.69) is 111 Å². The van der Waals surface area contributed by atoms with Gasteiger partial charge in [0.2, 0.25) is 0 Å². The summed E-state index contributed by atoms with van der Waals surface area (Å²) in [5, 5.41) is 0. The van der Waals surface area contributed by atoms with Crippen molar-refractivity contribution in [2.75, 3.05) is 0 Å². The van der Waals surface area contributed by atoms with Crippen LogP contribution < -0.4 is 0 Å². The zero-order chi connectivity index (χ0) is 17.5. The molecular formula is C24H25N. The van der Waals surface area contributed by atoms with Crippen molar-refractivity contribution in [1.29, 1.82) is 0 Å². The molecule has 1 nitrogen and oxygen atoms in total. The molecule has 0 fully saturated rings. The summed E-state index contributed by atoms with van der Waals surface area (Å²) < 4.78 is 0. The number of nitrogens with zero attached hydrogens (tertiary/aromatic N) is 1. The lowest BCUT2D eigenvalue weighted by atomic mass is 9.77. The Morgan fingerprint density at radius 3 is 1.36 bits per heavy atom. The van der Waals surface area contributed by atoms with Crippen LogP contribution in [0.3, 0.4) is 0 Å². The number of rotatable bonds is 6. The van der Waals surface area contributed by atoms with E-state index in [0.29, 0.717) is 5.92 Å². The highest BCUT2D eigenvalue weighted by Crippen LogP contribution is 2.40. The number of hydrogen-bond donors (Lipinski definition) is 0. The van der Waals surface area contributed by atoms with E-state index < -0.39 is 5.54 Å². The van der Waals surface area contributed by atoms with Crippen LogP contribution in [0.25, 0.3) is 0 Å². The van der Waals surface area contributed by atoms with Gasteiger partial charge in [0.25, 0.3) is 0 Å². The van der Waals surface area contributed by atoms with Crippen molar-refractivity contribution in [2.24, 2.45) is 10.9 Å². The molecule has 3 aromatic rings. The fourth-order valence-electron chi connectivity index (χ4n) is 3.16. The second-order valence-corrected chi connectivity index (χ2v) is 6.75. The lowest BCUT2D eigenvalue weighted by Crippen LogP contribution is -2.27. The summed E-state index contributed by atoms with van der Waals surface area (Å²) in [6.45, 7) is 4.45. The molecule has 0 atom stereocenters. The summed E-state index contributed by atoms with van der Waals surface area (Å²) in [5.41, 5.74) is 3.05. The zero-order valence-corrected chi connectivity index (χ0v) is 15.0. The minimum atomic E-state index is -0.515. The third kappa shape index (κ3) is 3.71. The first-order chi connectivity index (χ1) is 12.2. The van der Waals surface area contributed by atoms with Gasteiger partial charge in [-0.15, -0.1) is 0 Å². The van der Waals surface area contributed by atoms with E-state index >= 15 is 0 Å². The molecule has 0 aromatic heterocycles. The first-order valence-electron chi connectivity index (χ1n) is 8.94. The van der Waals surface area contributed by atoms with Crippen LogP contribution in [0, 0.1) is 5.92 Å². The van der Waals surface area contributed by atoms with Crippen LogP contribution >= 0.6 is 0 Å². The lowest BCUT2D eigenvalue weighted by molar-refractivity contribution is 0.642. The van der Waals surface area contributed by atoms with E-state index in [1.54, 1.807) is 0 Å². The van der Waals surface area contributed by atoms with E-state index in [1.807, 2.05) is 0 Å². The SMILES string of the molecule is CC(C)CC=NC(c1ccccc1)(c1ccccc1)c1ccccc1. The van der Waals surface area contributed by atoms with Gasteiger partial charge in [-0.3, -0.25) is 4.99 Å². The van der Waals surface area contributed by atoms with Gasteiger partial charge in [0.15, 0.2) is 0 Å². The van der Waals surface area contributed by atoms with Crippen LogP contribution in [0.15, 0.2) is 96.0 Å². The van der Waals surface area contributed by atoms with Crippen molar-refractivity contribution in [1.82, 2.24) is 0 Å². The number of hydrogen-bond acceptors (Lipinski definition) is 1. The highest BCUT2D eigenvalue weighted by molar-refractivity contribution is 5.63. The standard InChI is InChI=1S/C24H25N/c1-20(2)18-19-25-24(21-12-6-3-7-13-21,22-14-8-4-9-15-22)23-16-10-5-11-17-23/h3-17,19-20H,18H2,1-2H3. The third-order valence-corrected chi connectivity index (χ3v) is 4.44. The molecule has 25 heavy (non-hydrogen) atoms. The number of benzene rings is 3. The van der Waals surface area contributed by atoms with E-state index in [9.17, 15) is 0 Å². The summed E-state index contributed by atoms with van der Waals surface area (Å²) in [4.78, 5) is 5.18. The third-order valence-electron chi connectivity index (χ3n) is 4.44. The Hall–Kier alpha value is -2.67. The Kier molecular flexibility index (Phi) is 5.45. The average molecular weight is 327 g/mol. The Balaban J connectivity index is 2.26. The fraction of sp³-hybridized carbons (Fsp3) is 0.208. The fourth-order valence-corrected chi connectivity index (χ4v) is 3.16. The van der Waals surface area contributed by atoms with E-state index in [1.165, 1.54) is 16.7 Å². The molecule has 1 heteroatoms. The summed E-state index contributed by atoms with van der Waals surface area (Å²) >= 11 is 0. The highest BCUT2D eigenvalue weighted by Gasteiger charge is 2.35. The van der Waals surface area contributed by atoms with Crippen molar-refractivity contribution < 1.29 is 0 Å². The van der Waals surface area contributed by atoms with Gasteiger partial charge in [0.05, 0.1) is 0 Å². The molecule has 0 radical (unpaired) electrons. The quantitative estimate of drug-likeness (QED) is 0.383. The summed E-state index contributed by atoms with van der Waals surface area (Å²) in [5.74, 6) is 0.587. The van der Waals surface area contributed by atoms with Crippen molar-refractivity contribution >= 4 is 6.21 Å². The molecule has 0 aliphatic heterocycles. The monoisotopic (exact) mass is 327 g/mol. The zero-order valence-electron chi connectivity index (χ0n) is 15.0. The van der Waals surface area contributed by atoms with Gasteiger partial charge < -0.3 is 0 Å². The highest BCUT2D eigenvalue weighted by atomic mass is 14.9. The van der Waals surface area contributed by atoms with Gasteiger partial charge in [0.1, 0.15) is 5.54 Å². The van der Waals surface area contributed by atoms with E-state index in [4.69, 9.17) is 4.99 Å². The molecule has 0 amide bonds. The second kappa shape index (κ2) is 7.94. The minimum Gasteiger partial charge on any atom is -0.276 e. The van der Waals surface area contributed by atoms with Gasteiger partial charge >= 0.3 is 0 Å². The molecule has 3 aromatic carbocycles. The van der Waals surface area contributed by atoms with E-state index in [-0.39, 0.29) is 0 Å². The second-order valence-electron chi connectivity index (χ2n) is 6.75. The first-order valence-corrected chi connectivity index (χ1v) is 8.94. The van der Waals surface area contributed by atoms with Crippen LogP contribution in [0.1, 0.15) is 37.0 Å². The average Bonchev–Trinajstić information content (AvgIpc) is 2.67. The van der Waals surface area contributed by atoms with Crippen LogP contribution in [0.2, 0.25) is 0 Å². The molecule has 3 rings (SSSR count). The van der Waals surface area contributed by atoms with Gasteiger partial charge in [-0.25, -0.2) is 0 Å². The number of aliphatic imine (C=N–C) groups is 1. The van der Waals surface area contributed by atoms with E-state index in [0.717, 1.165) is 6.42 Å². The Morgan fingerprint density at radius 2 is 1.04 bits per heavy atom. The Bertz CT molecular complexity index is 693. The van der Waals surface area contributed by atoms with Crippen LogP contribution in [0.5, 0.6) is 0 Å². The molecule has 126 valence electrons. The molecular weight excluding hydrogens is 302 g/mol. The molecule has 0 aliphatic rings. The molecule has 0 saturated heterocycles. The van der Waals surface area contributed by atoms with Gasteiger partial charge in [0, 0.05) is 6.21 Å². The predicted octanol–water partition coefficient (Wildman–Crippen LogP) is 6.10. The lowest BCUT2D eigenvalue weighted by Gasteiger charge is -2.32. The smallest absolute Gasteiger partial charge is 0.135 e. The molecule has 0 N–H and O–H groups in total. The topological polar surface area (TPSA) is 12.4 Å². The van der Waals surface area contributed by atoms with Gasteiger partial charge in [-0.2, -0.15) is 0 Å². The molecule has 0 unspecified atom stereocenters. The summed E-state index contributed by atoms with van der Waals surface area (Å²) in [6.07, 6.45) is 3.06. The molecule has 0 bridgehead atoms. The van der Waals surface area contributed by atoms with Crippen LogP contribution in [-0.2, 0) is 5.54 Å². The molecule has 0 heterocycles. The van der Waals surface area contributed by atoms with Crippen LogP contribution in [-0.4, -0.2) is 6.21 Å². The maximum absolute atomic E-state index is 5.18. The Morgan fingerprint density at radius 1 is 0.680 bits per heavy atom. The van der Waals surface area contributed by atoms with Crippen LogP contribution in [0.4, 0.5) is 0 Å². The van der Waals surface area contributed by atoms with Gasteiger partial charge in [-0.05, 0) is 29.0 Å². The van der Waals surface area contributed by atoms with Crippen molar-refractivity contribution in [3.63, 3.8) is 0 Å². The normalized spacial score (nSPS) is 12.0. The summed E-state index contributed by atoms with van der Waals surface area (Å²) in [7, 11) is 0. The molecule has 0 aliphatic carbocycles. The summed E-state index contributed by atoms with van der Waals surface area (Å²) in [6, 6.07) is 31.8. The molecule has 0 spiro atoms. The molecule has 0 saturated carbocycles. The maximum atomic E-state index is 5.18. The largest absolute Gasteiger partial charge is 0.276 e. The van der Waals surface area contributed by atoms with Crippen molar-refractivity contribution in [2.45, 2.75) is 25.8 Å². The minimum absolute atomic E-state index is 0.515. The predicted molar refractivity (Wildman–Crippen MR) is 107 cm³/mol. The van der Waals surface area contributed by atoms with Gasteiger partial charge in [-0.1, -0.05) is 105 Å². The maximum Gasteiger partial charge on any atom is 0.135 e. The Labute approximate surface area is 151 Å².